The van der Waals surface area contributed by atoms with Gasteiger partial charge in [0.25, 0.3) is 5.91 Å². The highest BCUT2D eigenvalue weighted by Crippen LogP contribution is 2.41. The highest BCUT2D eigenvalue weighted by atomic mass is 32.2. The highest BCUT2D eigenvalue weighted by molar-refractivity contribution is 8.02. The first-order chi connectivity index (χ1) is 15.9. The maximum atomic E-state index is 13.1. The van der Waals surface area contributed by atoms with Crippen LogP contribution < -0.4 is 5.32 Å². The van der Waals surface area contributed by atoms with E-state index in [1.54, 1.807) is 29.7 Å². The molecular weight excluding hydrogens is 448 g/mol. The number of esters is 2. The minimum Gasteiger partial charge on any atom is -0.462 e. The number of carbonyl (C=O) groups is 4. The van der Waals surface area contributed by atoms with Gasteiger partial charge in [-0.2, -0.15) is 0 Å². The molecule has 33 heavy (non-hydrogen) atoms. The van der Waals surface area contributed by atoms with Crippen molar-refractivity contribution in [3.8, 4) is 0 Å². The molecule has 0 aromatic heterocycles. The monoisotopic (exact) mass is 476 g/mol. The van der Waals surface area contributed by atoms with Crippen LogP contribution in [0.3, 0.4) is 0 Å². The summed E-state index contributed by atoms with van der Waals surface area (Å²) in [5, 5.41) is 4.28. The summed E-state index contributed by atoms with van der Waals surface area (Å²) >= 11 is 1.36. The van der Waals surface area contributed by atoms with Crippen molar-refractivity contribution in [2.45, 2.75) is 50.8 Å². The summed E-state index contributed by atoms with van der Waals surface area (Å²) < 4.78 is 15.5. The number of methoxy groups -OCH3 is 1. The molecule has 0 aliphatic carbocycles. The second-order valence-electron chi connectivity index (χ2n) is 7.71. The lowest BCUT2D eigenvalue weighted by Crippen LogP contribution is -2.70. The maximum Gasteiger partial charge on any atom is 0.338 e. The summed E-state index contributed by atoms with van der Waals surface area (Å²) in [6, 6.07) is 5.89. The third-order valence-corrected chi connectivity index (χ3v) is 6.54. The second kappa shape index (κ2) is 11.3. The molecule has 0 bridgehead atoms. The number of unbranched alkanes of at least 4 members (excludes halogenated alkanes) is 1. The first kappa shape index (κ1) is 24.8. The van der Waals surface area contributed by atoms with Crippen LogP contribution >= 0.6 is 11.8 Å². The molecule has 0 radical (unpaired) electrons. The standard InChI is InChI=1S/C23H28N2O7S/c1-4-5-10-31-23(29)16-8-6-15(7-9-16)11-24-20(27)18-17(12-32-14(2)26)13-33-22-19(30-3)21(28)25(18)22/h6-9,13,18-19,22H,4-5,10-12H2,1-3H3,(H,24,27)/t18?,19-,22+/m0/s1. The number of fused-ring (bicyclic) bond motifs is 1. The zero-order valence-corrected chi connectivity index (χ0v) is 19.7. The predicted octanol–water partition coefficient (Wildman–Crippen LogP) is 2.01. The molecule has 0 spiro atoms. The van der Waals surface area contributed by atoms with E-state index in [0.29, 0.717) is 17.7 Å². The van der Waals surface area contributed by atoms with Crippen LogP contribution in [0, 0.1) is 0 Å². The number of β-lactam (4-membered cyclic amide) rings is 1. The topological polar surface area (TPSA) is 111 Å². The Morgan fingerprint density at radius 2 is 1.88 bits per heavy atom. The Hall–Kier alpha value is -2.85. The van der Waals surface area contributed by atoms with E-state index in [1.165, 1.54) is 30.7 Å². The average molecular weight is 477 g/mol. The Morgan fingerprint density at radius 1 is 1.15 bits per heavy atom. The molecule has 10 heteroatoms. The van der Waals surface area contributed by atoms with E-state index < -0.39 is 18.1 Å². The van der Waals surface area contributed by atoms with Gasteiger partial charge in [0.2, 0.25) is 5.91 Å². The van der Waals surface area contributed by atoms with E-state index in [1.807, 2.05) is 6.92 Å². The van der Waals surface area contributed by atoms with Crippen LogP contribution in [0.25, 0.3) is 0 Å². The SMILES string of the molecule is CCCCOC(=O)c1ccc(CNC(=O)C2C(COC(C)=O)=CS[C@@H]3[C@@H](OC)C(=O)N23)cc1. The fourth-order valence-corrected chi connectivity index (χ4v) is 4.75. The van der Waals surface area contributed by atoms with Gasteiger partial charge in [0.05, 0.1) is 12.2 Å². The first-order valence-corrected chi connectivity index (χ1v) is 11.7. The van der Waals surface area contributed by atoms with Crippen LogP contribution in [0.5, 0.6) is 0 Å². The van der Waals surface area contributed by atoms with Crippen LogP contribution in [-0.2, 0) is 35.1 Å². The Labute approximate surface area is 196 Å². The normalized spacial score (nSPS) is 21.4. The highest BCUT2D eigenvalue weighted by Gasteiger charge is 2.55. The largest absolute Gasteiger partial charge is 0.462 e. The Morgan fingerprint density at radius 3 is 2.52 bits per heavy atom. The predicted molar refractivity (Wildman–Crippen MR) is 121 cm³/mol. The van der Waals surface area contributed by atoms with Crippen molar-refractivity contribution in [3.05, 3.63) is 46.4 Å². The van der Waals surface area contributed by atoms with Crippen molar-refractivity contribution in [3.63, 3.8) is 0 Å². The molecule has 178 valence electrons. The van der Waals surface area contributed by atoms with Gasteiger partial charge in [0.15, 0.2) is 6.10 Å². The minimum absolute atomic E-state index is 0.0800. The molecular formula is C23H28N2O7S. The number of nitrogens with one attached hydrogen (secondary N) is 1. The number of hydrogen-bond donors (Lipinski definition) is 1. The van der Waals surface area contributed by atoms with Gasteiger partial charge < -0.3 is 24.4 Å². The number of rotatable bonds is 10. The summed E-state index contributed by atoms with van der Waals surface area (Å²) in [5.74, 6) is -1.52. The molecule has 3 rings (SSSR count). The number of benzene rings is 1. The van der Waals surface area contributed by atoms with Gasteiger partial charge in [-0.1, -0.05) is 25.5 Å². The molecule has 2 aliphatic rings. The van der Waals surface area contributed by atoms with E-state index in [2.05, 4.69) is 5.32 Å². The third-order valence-electron chi connectivity index (χ3n) is 5.35. The summed E-state index contributed by atoms with van der Waals surface area (Å²) in [6.07, 6.45) is 1.15. The van der Waals surface area contributed by atoms with Gasteiger partial charge in [0.1, 0.15) is 18.0 Å². The lowest BCUT2D eigenvalue weighted by Gasteiger charge is -2.51. The molecule has 3 atom stereocenters. The Kier molecular flexibility index (Phi) is 8.51. The molecule has 1 aromatic carbocycles. The van der Waals surface area contributed by atoms with Crippen LogP contribution in [-0.4, -0.2) is 66.5 Å². The smallest absolute Gasteiger partial charge is 0.338 e. The van der Waals surface area contributed by atoms with Crippen LogP contribution in [0.1, 0.15) is 42.6 Å². The van der Waals surface area contributed by atoms with Gasteiger partial charge in [-0.3, -0.25) is 14.4 Å². The number of thioether (sulfide) groups is 1. The summed E-state index contributed by atoms with van der Waals surface area (Å²) in [5.41, 5.74) is 1.75. The van der Waals surface area contributed by atoms with Crippen LogP contribution in [0.2, 0.25) is 0 Å². The van der Waals surface area contributed by atoms with E-state index in [0.717, 1.165) is 18.4 Å². The van der Waals surface area contributed by atoms with Crippen LogP contribution in [0.15, 0.2) is 35.2 Å². The van der Waals surface area contributed by atoms with Gasteiger partial charge in [-0.05, 0) is 29.5 Å². The van der Waals surface area contributed by atoms with Gasteiger partial charge >= 0.3 is 11.9 Å². The van der Waals surface area contributed by atoms with Crippen molar-refractivity contribution in [2.24, 2.45) is 0 Å². The number of hydrogen-bond acceptors (Lipinski definition) is 8. The molecule has 1 N–H and O–H groups in total. The van der Waals surface area contributed by atoms with Crippen molar-refractivity contribution < 1.29 is 33.4 Å². The number of nitrogens with zero attached hydrogens (tertiary/aromatic N) is 1. The molecule has 2 amide bonds. The Bertz CT molecular complexity index is 931. The van der Waals surface area contributed by atoms with Crippen molar-refractivity contribution in [2.75, 3.05) is 20.3 Å². The van der Waals surface area contributed by atoms with E-state index >= 15 is 0 Å². The Balaban J connectivity index is 1.64. The fourth-order valence-electron chi connectivity index (χ4n) is 3.52. The van der Waals surface area contributed by atoms with E-state index in [9.17, 15) is 19.2 Å². The van der Waals surface area contributed by atoms with Gasteiger partial charge in [-0.25, -0.2) is 4.79 Å². The number of carbonyl (C=O) groups excluding carboxylic acids is 4. The molecule has 1 unspecified atom stereocenters. The average Bonchev–Trinajstić information content (AvgIpc) is 2.81. The molecule has 1 aromatic rings. The zero-order chi connectivity index (χ0) is 24.0. The summed E-state index contributed by atoms with van der Waals surface area (Å²) in [7, 11) is 1.46. The van der Waals surface area contributed by atoms with Gasteiger partial charge in [-0.15, -0.1) is 11.8 Å². The third kappa shape index (κ3) is 5.75. The second-order valence-corrected chi connectivity index (χ2v) is 8.70. The number of ether oxygens (including phenoxy) is 3. The lowest BCUT2D eigenvalue weighted by molar-refractivity contribution is -0.168. The van der Waals surface area contributed by atoms with Crippen molar-refractivity contribution in [1.82, 2.24) is 10.2 Å². The fraction of sp³-hybridized carbons (Fsp3) is 0.478. The van der Waals surface area contributed by atoms with Crippen molar-refractivity contribution in [1.29, 1.82) is 0 Å². The molecule has 2 heterocycles. The molecule has 2 aliphatic heterocycles. The summed E-state index contributed by atoms with van der Waals surface area (Å²) in [6.45, 7) is 3.81. The molecule has 0 saturated carbocycles. The molecule has 1 fully saturated rings. The van der Waals surface area contributed by atoms with Crippen LogP contribution in [0.4, 0.5) is 0 Å². The van der Waals surface area contributed by atoms with E-state index in [4.69, 9.17) is 14.2 Å². The van der Waals surface area contributed by atoms with Crippen molar-refractivity contribution >= 4 is 35.5 Å². The lowest BCUT2D eigenvalue weighted by atomic mass is 9.99. The summed E-state index contributed by atoms with van der Waals surface area (Å²) in [4.78, 5) is 50.3. The quantitative estimate of drug-likeness (QED) is 0.310. The molecule has 9 nitrogen and oxygen atoms in total. The first-order valence-electron chi connectivity index (χ1n) is 10.7. The minimum atomic E-state index is -0.887. The maximum absolute atomic E-state index is 13.1. The molecule has 1 saturated heterocycles. The zero-order valence-electron chi connectivity index (χ0n) is 18.9. The van der Waals surface area contributed by atoms with E-state index in [-0.39, 0.29) is 36.3 Å². The van der Waals surface area contributed by atoms with Gasteiger partial charge in [0, 0.05) is 26.2 Å². The number of amides is 2.